The Morgan fingerprint density at radius 2 is 1.94 bits per heavy atom. The molecule has 0 bridgehead atoms. The smallest absolute Gasteiger partial charge is 0.207 e. The minimum Gasteiger partial charge on any atom is -0.494 e. The number of rotatable bonds is 7. The molecule has 1 aromatic rings. The number of halogens is 4. The minimum atomic E-state index is -1.23. The van der Waals surface area contributed by atoms with Gasteiger partial charge < -0.3 is 18.9 Å². The third-order valence-electron chi connectivity index (χ3n) is 5.37. The first kappa shape index (κ1) is 25.8. The first-order valence-corrected chi connectivity index (χ1v) is 10.5. The fraction of sp³-hybridized carbons (Fsp3) is 0.500. The zero-order valence-corrected chi connectivity index (χ0v) is 18.7. The van der Waals surface area contributed by atoms with E-state index in [1.54, 1.807) is 0 Å². The summed E-state index contributed by atoms with van der Waals surface area (Å²) in [5, 5.41) is 0. The fourth-order valence-electron chi connectivity index (χ4n) is 3.63. The van der Waals surface area contributed by atoms with Crippen LogP contribution in [0.1, 0.15) is 38.2 Å². The van der Waals surface area contributed by atoms with Crippen molar-refractivity contribution in [2.45, 2.75) is 45.1 Å². The molecule has 0 aromatic heterocycles. The molecular formula is C24H30F4O4. The van der Waals surface area contributed by atoms with Crippen LogP contribution in [0.2, 0.25) is 0 Å². The number of hydrogen-bond acceptors (Lipinski definition) is 4. The van der Waals surface area contributed by atoms with Crippen LogP contribution in [0.4, 0.5) is 17.6 Å². The highest BCUT2D eigenvalue weighted by molar-refractivity contribution is 5.52. The largest absolute Gasteiger partial charge is 0.494 e. The van der Waals surface area contributed by atoms with Crippen molar-refractivity contribution < 1.29 is 36.5 Å². The maximum atomic E-state index is 14.7. The maximum absolute atomic E-state index is 14.7. The van der Waals surface area contributed by atoms with E-state index in [1.165, 1.54) is 13.2 Å². The van der Waals surface area contributed by atoms with Gasteiger partial charge in [-0.25, -0.2) is 0 Å². The van der Waals surface area contributed by atoms with Gasteiger partial charge in [0.25, 0.3) is 0 Å². The van der Waals surface area contributed by atoms with Gasteiger partial charge >= 0.3 is 0 Å². The second-order valence-electron chi connectivity index (χ2n) is 7.64. The van der Waals surface area contributed by atoms with Crippen LogP contribution >= 0.6 is 0 Å². The summed E-state index contributed by atoms with van der Waals surface area (Å²) in [6.07, 6.45) is 4.29. The van der Waals surface area contributed by atoms with Crippen LogP contribution in [0, 0.1) is 17.6 Å². The second-order valence-corrected chi connectivity index (χ2v) is 7.64. The van der Waals surface area contributed by atoms with Gasteiger partial charge in [0.15, 0.2) is 23.0 Å². The second kappa shape index (κ2) is 11.9. The van der Waals surface area contributed by atoms with Crippen LogP contribution < -0.4 is 9.47 Å². The molecule has 0 radical (unpaired) electrons. The van der Waals surface area contributed by atoms with Crippen LogP contribution in [-0.4, -0.2) is 33.6 Å². The van der Waals surface area contributed by atoms with E-state index in [0.717, 1.165) is 25.7 Å². The van der Waals surface area contributed by atoms with Crippen LogP contribution in [0.15, 0.2) is 42.1 Å². The Balaban J connectivity index is 0.00000176. The molecule has 2 aliphatic rings. The molecule has 1 fully saturated rings. The summed E-state index contributed by atoms with van der Waals surface area (Å²) >= 11 is 0. The number of ether oxygens (including phenoxy) is 4. The summed E-state index contributed by atoms with van der Waals surface area (Å²) in [7, 11) is 1.74. The van der Waals surface area contributed by atoms with Crippen molar-refractivity contribution >= 4 is 0 Å². The maximum Gasteiger partial charge on any atom is 0.207 e. The van der Waals surface area contributed by atoms with E-state index >= 15 is 0 Å². The minimum absolute atomic E-state index is 0.0773. The molecule has 1 aromatic carbocycles. The third-order valence-corrected chi connectivity index (χ3v) is 5.37. The van der Waals surface area contributed by atoms with Gasteiger partial charge in [0.1, 0.15) is 0 Å². The van der Waals surface area contributed by atoms with Crippen molar-refractivity contribution in [1.82, 2.24) is 0 Å². The van der Waals surface area contributed by atoms with E-state index in [9.17, 15) is 17.6 Å². The molecule has 2 unspecified atom stereocenters. The standard InChI is InChI=1S/C23H27F3O4.CH3F/c1-5-6-17-8-7-15(11-28-17)12-29-18-10-16-9-13(2)22(19(24)14(3)27-4)30-23(16)21(26)20(18)25;1-2/h10,15,17H,2-3,5-9,11-12H2,1,4H3;1H3/b22-19-;. The van der Waals surface area contributed by atoms with Crippen LogP contribution in [0.25, 0.3) is 0 Å². The molecule has 4 nitrogen and oxygen atoms in total. The normalized spacial score (nSPS) is 21.5. The Kier molecular flexibility index (Phi) is 9.62. The third kappa shape index (κ3) is 5.85. The Morgan fingerprint density at radius 3 is 2.53 bits per heavy atom. The average molecular weight is 458 g/mol. The van der Waals surface area contributed by atoms with Crippen molar-refractivity contribution in [3.63, 3.8) is 0 Å². The highest BCUT2D eigenvalue weighted by Crippen LogP contribution is 2.41. The Labute approximate surface area is 186 Å². The van der Waals surface area contributed by atoms with Crippen LogP contribution in [-0.2, 0) is 15.9 Å². The topological polar surface area (TPSA) is 36.9 Å². The van der Waals surface area contributed by atoms with E-state index in [4.69, 9.17) is 18.9 Å². The fourth-order valence-corrected chi connectivity index (χ4v) is 3.63. The van der Waals surface area contributed by atoms with Gasteiger partial charge in [-0.2, -0.15) is 13.2 Å². The molecular weight excluding hydrogens is 428 g/mol. The molecule has 0 amide bonds. The predicted octanol–water partition coefficient (Wildman–Crippen LogP) is 6.36. The van der Waals surface area contributed by atoms with E-state index in [2.05, 4.69) is 20.1 Å². The van der Waals surface area contributed by atoms with Gasteiger partial charge in [0.2, 0.25) is 17.5 Å². The van der Waals surface area contributed by atoms with E-state index in [1.807, 2.05) is 0 Å². The van der Waals surface area contributed by atoms with Gasteiger partial charge in [-0.15, -0.1) is 0 Å². The highest BCUT2D eigenvalue weighted by Gasteiger charge is 2.30. The van der Waals surface area contributed by atoms with Crippen molar-refractivity contribution in [2.24, 2.45) is 5.92 Å². The summed E-state index contributed by atoms with van der Waals surface area (Å²) in [5.41, 5.74) is 0.592. The molecule has 3 rings (SSSR count). The van der Waals surface area contributed by atoms with Gasteiger partial charge in [-0.1, -0.05) is 26.5 Å². The monoisotopic (exact) mass is 458 g/mol. The number of methoxy groups -OCH3 is 1. The number of alkyl halides is 1. The first-order chi connectivity index (χ1) is 15.3. The highest BCUT2D eigenvalue weighted by atomic mass is 19.2. The van der Waals surface area contributed by atoms with E-state index < -0.39 is 17.5 Å². The van der Waals surface area contributed by atoms with Crippen molar-refractivity contribution in [3.8, 4) is 11.5 Å². The number of allylic oxidation sites excluding steroid dienone is 2. The molecule has 0 N–H and O–H groups in total. The first-order valence-electron chi connectivity index (χ1n) is 10.5. The number of fused-ring (bicyclic) bond motifs is 1. The molecule has 2 heterocycles. The lowest BCUT2D eigenvalue weighted by atomic mass is 9.97. The lowest BCUT2D eigenvalue weighted by molar-refractivity contribution is -0.0310. The Hall–Kier alpha value is -2.48. The lowest BCUT2D eigenvalue weighted by Crippen LogP contribution is -2.29. The molecule has 32 heavy (non-hydrogen) atoms. The summed E-state index contributed by atoms with van der Waals surface area (Å²) in [6.45, 7) is 10.0. The van der Waals surface area contributed by atoms with Crippen molar-refractivity contribution in [3.05, 3.63) is 59.3 Å². The number of hydrogen-bond donors (Lipinski definition) is 0. The summed E-state index contributed by atoms with van der Waals surface area (Å²) < 4.78 is 74.5. The van der Waals surface area contributed by atoms with Crippen LogP contribution in [0.5, 0.6) is 11.5 Å². The SMILES string of the molecule is C=C(OC)/C(F)=C1/Oc2c(cc(OCC3CCC(CCC)OC3)c(F)c2F)CC1=C.CF. The molecule has 2 aliphatic heterocycles. The van der Waals surface area contributed by atoms with Gasteiger partial charge in [-0.3, -0.25) is 4.39 Å². The molecule has 178 valence electrons. The quantitative estimate of drug-likeness (QED) is 0.352. The molecule has 0 spiro atoms. The number of benzene rings is 1. The molecule has 0 aliphatic carbocycles. The molecule has 0 saturated carbocycles. The Morgan fingerprint density at radius 1 is 1.22 bits per heavy atom. The van der Waals surface area contributed by atoms with Gasteiger partial charge in [0, 0.05) is 17.9 Å². The van der Waals surface area contributed by atoms with Crippen molar-refractivity contribution in [2.75, 3.05) is 27.5 Å². The molecule has 8 heteroatoms. The summed E-state index contributed by atoms with van der Waals surface area (Å²) in [5.74, 6) is -4.39. The molecule has 1 saturated heterocycles. The van der Waals surface area contributed by atoms with Crippen molar-refractivity contribution in [1.29, 1.82) is 0 Å². The average Bonchev–Trinajstić information content (AvgIpc) is 2.81. The summed E-state index contributed by atoms with van der Waals surface area (Å²) in [6, 6.07) is 1.38. The van der Waals surface area contributed by atoms with Crippen LogP contribution in [0.3, 0.4) is 0 Å². The lowest BCUT2D eigenvalue weighted by Gasteiger charge is -2.29. The zero-order valence-electron chi connectivity index (χ0n) is 18.7. The predicted molar refractivity (Wildman–Crippen MR) is 114 cm³/mol. The van der Waals surface area contributed by atoms with Gasteiger partial charge in [0.05, 0.1) is 33.6 Å². The summed E-state index contributed by atoms with van der Waals surface area (Å²) in [4.78, 5) is 0. The van der Waals surface area contributed by atoms with E-state index in [0.29, 0.717) is 19.3 Å². The zero-order chi connectivity index (χ0) is 23.8. The molecule has 2 atom stereocenters. The van der Waals surface area contributed by atoms with Gasteiger partial charge in [-0.05, 0) is 30.9 Å². The Bertz CT molecular complexity index is 858. The van der Waals surface area contributed by atoms with E-state index in [-0.39, 0.29) is 53.6 Å².